The number of hydrogen-bond donors (Lipinski definition) is 2. The number of anilines is 3. The van der Waals surface area contributed by atoms with Crippen molar-refractivity contribution in [1.29, 1.82) is 0 Å². The predicted molar refractivity (Wildman–Crippen MR) is 79.0 cm³/mol. The largest absolute Gasteiger partial charge is 0.397 e. The van der Waals surface area contributed by atoms with Crippen LogP contribution >= 0.6 is 23.4 Å². The normalized spacial score (nSPS) is 24.3. The van der Waals surface area contributed by atoms with Crippen molar-refractivity contribution in [3.63, 3.8) is 0 Å². The zero-order valence-corrected chi connectivity index (χ0v) is 12.0. The van der Waals surface area contributed by atoms with Gasteiger partial charge < -0.3 is 16.4 Å². The Morgan fingerprint density at radius 1 is 1.28 bits per heavy atom. The minimum absolute atomic E-state index is 0.0438. The van der Waals surface area contributed by atoms with Crippen LogP contribution in [0.15, 0.2) is 6.07 Å². The highest BCUT2D eigenvalue weighted by Gasteiger charge is 2.27. The summed E-state index contributed by atoms with van der Waals surface area (Å²) in [5.74, 6) is -0.513. The topological polar surface area (TPSA) is 55.3 Å². The van der Waals surface area contributed by atoms with E-state index in [-0.39, 0.29) is 10.7 Å². The maximum atomic E-state index is 14.2. The van der Waals surface area contributed by atoms with E-state index < -0.39 is 5.82 Å². The van der Waals surface area contributed by atoms with Gasteiger partial charge in [0.25, 0.3) is 0 Å². The fourth-order valence-electron chi connectivity index (χ4n) is 2.34. The van der Waals surface area contributed by atoms with Gasteiger partial charge in [-0.1, -0.05) is 25.4 Å². The molecule has 0 radical (unpaired) electrons. The Balaban J connectivity index is 2.41. The first-order valence-corrected chi connectivity index (χ1v) is 7.15. The Hall–Kier alpha value is -0.810. The Bertz CT molecular complexity index is 459. The van der Waals surface area contributed by atoms with Crippen molar-refractivity contribution in [2.24, 2.45) is 0 Å². The zero-order chi connectivity index (χ0) is 13.4. The highest BCUT2D eigenvalue weighted by atomic mass is 35.5. The van der Waals surface area contributed by atoms with Gasteiger partial charge in [0.2, 0.25) is 0 Å². The molecule has 1 aliphatic rings. The first-order valence-electron chi connectivity index (χ1n) is 5.83. The summed E-state index contributed by atoms with van der Waals surface area (Å²) < 4.78 is 14.2. The van der Waals surface area contributed by atoms with Crippen LogP contribution in [0.25, 0.3) is 0 Å². The zero-order valence-electron chi connectivity index (χ0n) is 10.4. The lowest BCUT2D eigenvalue weighted by Gasteiger charge is -2.37. The Labute approximate surface area is 116 Å². The molecule has 4 N–H and O–H groups in total. The lowest BCUT2D eigenvalue weighted by molar-refractivity contribution is 0.613. The molecule has 2 atom stereocenters. The highest BCUT2D eigenvalue weighted by molar-refractivity contribution is 8.00. The first kappa shape index (κ1) is 13.6. The van der Waals surface area contributed by atoms with Crippen LogP contribution in [0.4, 0.5) is 21.5 Å². The molecule has 2 rings (SSSR count). The van der Waals surface area contributed by atoms with E-state index in [4.69, 9.17) is 23.1 Å². The van der Waals surface area contributed by atoms with E-state index in [1.54, 1.807) is 0 Å². The summed E-state index contributed by atoms with van der Waals surface area (Å²) in [6.45, 7) is 5.77. The van der Waals surface area contributed by atoms with Gasteiger partial charge in [-0.2, -0.15) is 11.8 Å². The number of nitrogen functional groups attached to an aromatic ring is 2. The van der Waals surface area contributed by atoms with Gasteiger partial charge in [-0.05, 0) is 6.07 Å². The van der Waals surface area contributed by atoms with Crippen molar-refractivity contribution >= 4 is 40.4 Å². The molecule has 100 valence electrons. The van der Waals surface area contributed by atoms with Crippen LogP contribution in [-0.4, -0.2) is 23.6 Å². The summed E-state index contributed by atoms with van der Waals surface area (Å²) in [7, 11) is 0. The average Bonchev–Trinajstić information content (AvgIpc) is 2.24. The van der Waals surface area contributed by atoms with Gasteiger partial charge in [-0.25, -0.2) is 4.39 Å². The van der Waals surface area contributed by atoms with E-state index in [0.29, 0.717) is 21.9 Å². The van der Waals surface area contributed by atoms with Gasteiger partial charge in [0.1, 0.15) is 5.02 Å². The monoisotopic (exact) mass is 289 g/mol. The maximum Gasteiger partial charge on any atom is 0.169 e. The summed E-state index contributed by atoms with van der Waals surface area (Å²) in [6.07, 6.45) is 0. The van der Waals surface area contributed by atoms with E-state index in [1.807, 2.05) is 16.7 Å². The molecule has 18 heavy (non-hydrogen) atoms. The second-order valence-electron chi connectivity index (χ2n) is 4.69. The lowest BCUT2D eigenvalue weighted by Crippen LogP contribution is -2.41. The molecule has 1 heterocycles. The van der Waals surface area contributed by atoms with Gasteiger partial charge in [0.05, 0.1) is 17.1 Å². The number of benzene rings is 1. The molecule has 1 saturated heterocycles. The molecule has 1 fully saturated rings. The van der Waals surface area contributed by atoms with Crippen LogP contribution in [0, 0.1) is 5.82 Å². The van der Waals surface area contributed by atoms with Crippen molar-refractivity contribution in [3.05, 3.63) is 16.9 Å². The summed E-state index contributed by atoms with van der Waals surface area (Å²) in [5, 5.41) is 0.825. The third-order valence-electron chi connectivity index (χ3n) is 2.97. The summed E-state index contributed by atoms with van der Waals surface area (Å²) in [4.78, 5) is 1.96. The van der Waals surface area contributed by atoms with Crippen molar-refractivity contribution < 1.29 is 4.39 Å². The molecule has 3 nitrogen and oxygen atoms in total. The Morgan fingerprint density at radius 3 is 2.39 bits per heavy atom. The van der Waals surface area contributed by atoms with Gasteiger partial charge in [-0.15, -0.1) is 0 Å². The molecular weight excluding hydrogens is 273 g/mol. The SMILES string of the molecule is CC1CN(c2c(N)cc(N)c(Cl)c2F)CC(C)S1. The molecule has 0 bridgehead atoms. The van der Waals surface area contributed by atoms with E-state index in [2.05, 4.69) is 13.8 Å². The lowest BCUT2D eigenvalue weighted by atomic mass is 10.2. The smallest absolute Gasteiger partial charge is 0.169 e. The molecule has 0 aliphatic carbocycles. The van der Waals surface area contributed by atoms with Crippen molar-refractivity contribution in [2.75, 3.05) is 29.5 Å². The van der Waals surface area contributed by atoms with Crippen LogP contribution in [0.1, 0.15) is 13.8 Å². The molecule has 1 aromatic rings. The molecule has 2 unspecified atom stereocenters. The average molecular weight is 290 g/mol. The molecule has 0 amide bonds. The van der Waals surface area contributed by atoms with Crippen LogP contribution in [0.3, 0.4) is 0 Å². The van der Waals surface area contributed by atoms with Crippen molar-refractivity contribution in [2.45, 2.75) is 24.3 Å². The fourth-order valence-corrected chi connectivity index (χ4v) is 3.81. The Morgan fingerprint density at radius 2 is 1.83 bits per heavy atom. The molecule has 0 saturated carbocycles. The van der Waals surface area contributed by atoms with Crippen LogP contribution < -0.4 is 16.4 Å². The number of halogens is 2. The number of hydrogen-bond acceptors (Lipinski definition) is 4. The first-order chi connectivity index (χ1) is 8.40. The number of nitrogens with zero attached hydrogens (tertiary/aromatic N) is 1. The van der Waals surface area contributed by atoms with Gasteiger partial charge in [0.15, 0.2) is 5.82 Å². The quantitative estimate of drug-likeness (QED) is 0.781. The standard InChI is InChI=1S/C12H17ClFN3S/c1-6-4-17(5-7(2)18-6)12-9(16)3-8(15)10(13)11(12)14/h3,6-7H,4-5,15-16H2,1-2H3. The molecule has 1 aromatic carbocycles. The molecule has 6 heteroatoms. The van der Waals surface area contributed by atoms with Crippen LogP contribution in [0.2, 0.25) is 5.02 Å². The van der Waals surface area contributed by atoms with Gasteiger partial charge in [0, 0.05) is 23.6 Å². The third-order valence-corrected chi connectivity index (χ3v) is 4.59. The number of rotatable bonds is 1. The molecule has 0 aromatic heterocycles. The van der Waals surface area contributed by atoms with Crippen molar-refractivity contribution in [3.8, 4) is 0 Å². The second-order valence-corrected chi connectivity index (χ2v) is 6.95. The van der Waals surface area contributed by atoms with E-state index in [1.165, 1.54) is 6.07 Å². The van der Waals surface area contributed by atoms with Crippen molar-refractivity contribution in [1.82, 2.24) is 0 Å². The third kappa shape index (κ3) is 2.47. The minimum Gasteiger partial charge on any atom is -0.397 e. The number of thioether (sulfide) groups is 1. The van der Waals surface area contributed by atoms with Crippen LogP contribution in [-0.2, 0) is 0 Å². The molecular formula is C12H17ClFN3S. The minimum atomic E-state index is -0.513. The summed E-state index contributed by atoms with van der Waals surface area (Å²) in [6, 6.07) is 1.53. The van der Waals surface area contributed by atoms with Gasteiger partial charge >= 0.3 is 0 Å². The van der Waals surface area contributed by atoms with Crippen LogP contribution in [0.5, 0.6) is 0 Å². The molecule has 0 spiro atoms. The molecule has 1 aliphatic heterocycles. The summed E-state index contributed by atoms with van der Waals surface area (Å²) in [5.41, 5.74) is 12.4. The number of nitrogens with two attached hydrogens (primary N) is 2. The van der Waals surface area contributed by atoms with E-state index in [9.17, 15) is 4.39 Å². The Kier molecular flexibility index (Phi) is 3.82. The fraction of sp³-hybridized carbons (Fsp3) is 0.500. The van der Waals surface area contributed by atoms with E-state index >= 15 is 0 Å². The highest BCUT2D eigenvalue weighted by Crippen LogP contribution is 2.38. The van der Waals surface area contributed by atoms with Gasteiger partial charge in [-0.3, -0.25) is 0 Å². The second kappa shape index (κ2) is 5.05. The van der Waals surface area contributed by atoms with E-state index in [0.717, 1.165) is 13.1 Å². The predicted octanol–water partition coefficient (Wildman–Crippen LogP) is 2.97. The summed E-state index contributed by atoms with van der Waals surface area (Å²) >= 11 is 7.76. The maximum absolute atomic E-state index is 14.2.